The number of hydrogen-bond donors (Lipinski definition) is 3. The highest BCUT2D eigenvalue weighted by Crippen LogP contribution is 2.03. The molecule has 8 heteroatoms. The molecule has 0 aromatic heterocycles. The molecule has 1 atom stereocenters. The fourth-order valence-corrected chi connectivity index (χ4v) is 1.76. The van der Waals surface area contributed by atoms with E-state index in [0.29, 0.717) is 13.0 Å². The maximum absolute atomic E-state index is 11.2. The SMILES string of the molecule is CC(=O)CN(C)C.CC(=O)[C@H](Cc1ccccc1)NC(N)=O.CC(N)=O.CCC. The van der Waals surface area contributed by atoms with Crippen LogP contribution >= 0.6 is 0 Å². The van der Waals surface area contributed by atoms with Crippen LogP contribution in [0.5, 0.6) is 0 Å². The van der Waals surface area contributed by atoms with Crippen molar-refractivity contribution in [3.05, 3.63) is 35.9 Å². The minimum Gasteiger partial charge on any atom is -0.370 e. The molecule has 166 valence electrons. The Morgan fingerprint density at radius 1 is 0.966 bits per heavy atom. The molecule has 0 fully saturated rings. The normalized spacial score (nSPS) is 9.93. The topological polar surface area (TPSA) is 136 Å². The number of urea groups is 1. The number of Topliss-reactive ketones (excluding diaryl/α,β-unsaturated/α-hetero) is 2. The summed E-state index contributed by atoms with van der Waals surface area (Å²) in [6.45, 7) is 9.13. The molecule has 0 bridgehead atoms. The minimum absolute atomic E-state index is 0.0994. The smallest absolute Gasteiger partial charge is 0.312 e. The van der Waals surface area contributed by atoms with E-state index in [0.717, 1.165) is 5.56 Å². The maximum atomic E-state index is 11.2. The highest BCUT2D eigenvalue weighted by molar-refractivity contribution is 5.86. The summed E-state index contributed by atoms with van der Waals surface area (Å²) in [6, 6.07) is 8.26. The van der Waals surface area contributed by atoms with Gasteiger partial charge in [0.25, 0.3) is 0 Å². The van der Waals surface area contributed by atoms with E-state index in [1.54, 1.807) is 6.92 Å². The molecule has 0 heterocycles. The standard InChI is InChI=1S/C11H14N2O2.C5H11NO.C3H8.C2H5NO/c1-8(14)10(13-11(12)15)7-9-5-3-2-4-6-9;1-5(7)4-6(2)3;1-3-2;1-2(3)4/h2-6,10H,7H2,1H3,(H3,12,13,15);4H2,1-3H3;3H2,1-2H3;1H3,(H2,3,4)/t10-;;;/m0.../s1. The molecular formula is C21H38N4O4. The van der Waals surface area contributed by atoms with Gasteiger partial charge in [-0.3, -0.25) is 14.4 Å². The number of amides is 3. The lowest BCUT2D eigenvalue weighted by molar-refractivity contribution is -0.119. The van der Waals surface area contributed by atoms with Crippen molar-refractivity contribution in [2.24, 2.45) is 11.5 Å². The van der Waals surface area contributed by atoms with Crippen LogP contribution in [-0.4, -0.2) is 55.1 Å². The number of rotatable bonds is 6. The zero-order chi connectivity index (χ0) is 23.4. The first-order valence-electron chi connectivity index (χ1n) is 9.37. The predicted octanol–water partition coefficient (Wildman–Crippen LogP) is 1.90. The first kappa shape index (κ1) is 31.0. The Bertz CT molecular complexity index is 586. The lowest BCUT2D eigenvalue weighted by atomic mass is 10.0. The molecule has 1 aromatic carbocycles. The number of nitrogens with one attached hydrogen (secondary N) is 1. The van der Waals surface area contributed by atoms with Gasteiger partial charge >= 0.3 is 6.03 Å². The van der Waals surface area contributed by atoms with Gasteiger partial charge in [0.15, 0.2) is 5.78 Å². The van der Waals surface area contributed by atoms with E-state index in [-0.39, 0.29) is 17.5 Å². The van der Waals surface area contributed by atoms with Gasteiger partial charge in [-0.05, 0) is 39.9 Å². The van der Waals surface area contributed by atoms with E-state index >= 15 is 0 Å². The number of hydrogen-bond acceptors (Lipinski definition) is 5. The van der Waals surface area contributed by atoms with E-state index in [9.17, 15) is 19.2 Å². The molecule has 0 aliphatic rings. The second-order valence-corrected chi connectivity index (χ2v) is 6.62. The van der Waals surface area contributed by atoms with Crippen molar-refractivity contribution in [2.45, 2.75) is 53.5 Å². The Morgan fingerprint density at radius 3 is 1.62 bits per heavy atom. The summed E-state index contributed by atoms with van der Waals surface area (Å²) in [7, 11) is 3.75. The fourth-order valence-electron chi connectivity index (χ4n) is 1.76. The summed E-state index contributed by atoms with van der Waals surface area (Å²) in [4.78, 5) is 43.2. The van der Waals surface area contributed by atoms with Crippen molar-refractivity contribution < 1.29 is 19.2 Å². The number of carbonyl (C=O) groups is 4. The molecule has 0 radical (unpaired) electrons. The van der Waals surface area contributed by atoms with Crippen LogP contribution in [0, 0.1) is 0 Å². The Kier molecular flexibility index (Phi) is 21.4. The van der Waals surface area contributed by atoms with E-state index in [2.05, 4.69) is 24.9 Å². The van der Waals surface area contributed by atoms with Crippen LogP contribution in [0.1, 0.15) is 46.6 Å². The zero-order valence-corrected chi connectivity index (χ0v) is 18.8. The third kappa shape index (κ3) is 30.2. The van der Waals surface area contributed by atoms with Crippen LogP contribution < -0.4 is 16.8 Å². The summed E-state index contributed by atoms with van der Waals surface area (Å²) in [5.74, 6) is -0.220. The molecule has 8 nitrogen and oxygen atoms in total. The molecule has 1 aromatic rings. The van der Waals surface area contributed by atoms with Crippen LogP contribution in [0.2, 0.25) is 0 Å². The molecule has 0 aliphatic carbocycles. The van der Waals surface area contributed by atoms with Crippen molar-refractivity contribution in [2.75, 3.05) is 20.6 Å². The van der Waals surface area contributed by atoms with E-state index in [4.69, 9.17) is 5.73 Å². The average Bonchev–Trinajstić information content (AvgIpc) is 2.54. The largest absolute Gasteiger partial charge is 0.370 e. The van der Waals surface area contributed by atoms with Gasteiger partial charge in [0.1, 0.15) is 5.78 Å². The first-order chi connectivity index (χ1) is 13.4. The molecule has 1 rings (SSSR count). The third-order valence-electron chi connectivity index (χ3n) is 2.63. The van der Waals surface area contributed by atoms with Crippen molar-refractivity contribution in [3.8, 4) is 0 Å². The predicted molar refractivity (Wildman–Crippen MR) is 117 cm³/mol. The van der Waals surface area contributed by atoms with Gasteiger partial charge in [-0.1, -0.05) is 50.6 Å². The van der Waals surface area contributed by atoms with Crippen molar-refractivity contribution >= 4 is 23.5 Å². The minimum atomic E-state index is -0.675. The van der Waals surface area contributed by atoms with Gasteiger partial charge in [-0.25, -0.2) is 4.79 Å². The van der Waals surface area contributed by atoms with Gasteiger partial charge in [-0.2, -0.15) is 0 Å². The van der Waals surface area contributed by atoms with Crippen LogP contribution in [-0.2, 0) is 20.8 Å². The van der Waals surface area contributed by atoms with Gasteiger partial charge < -0.3 is 21.7 Å². The fraction of sp³-hybridized carbons (Fsp3) is 0.524. The Labute approximate surface area is 175 Å². The number of likely N-dealkylation sites (N-methyl/N-ethyl adjacent to an activating group) is 1. The van der Waals surface area contributed by atoms with Crippen LogP contribution in [0.4, 0.5) is 4.79 Å². The lowest BCUT2D eigenvalue weighted by Gasteiger charge is -2.13. The number of nitrogens with zero attached hydrogens (tertiary/aromatic N) is 1. The van der Waals surface area contributed by atoms with Crippen molar-refractivity contribution in [1.29, 1.82) is 0 Å². The number of nitrogens with two attached hydrogens (primary N) is 2. The van der Waals surface area contributed by atoms with Gasteiger partial charge in [0, 0.05) is 6.92 Å². The summed E-state index contributed by atoms with van der Waals surface area (Å²) < 4.78 is 0. The molecule has 0 saturated carbocycles. The Morgan fingerprint density at radius 2 is 1.38 bits per heavy atom. The quantitative estimate of drug-likeness (QED) is 0.658. The molecule has 29 heavy (non-hydrogen) atoms. The zero-order valence-electron chi connectivity index (χ0n) is 18.8. The number of carbonyl (C=O) groups excluding carboxylic acids is 4. The summed E-state index contributed by atoms with van der Waals surface area (Å²) >= 11 is 0. The Hall–Kier alpha value is -2.74. The average molecular weight is 411 g/mol. The monoisotopic (exact) mass is 410 g/mol. The number of primary amides is 2. The highest BCUT2D eigenvalue weighted by Gasteiger charge is 2.15. The highest BCUT2D eigenvalue weighted by atomic mass is 16.2. The number of benzene rings is 1. The molecule has 0 saturated heterocycles. The number of ketones is 2. The van der Waals surface area contributed by atoms with E-state index in [1.807, 2.05) is 49.3 Å². The van der Waals surface area contributed by atoms with Gasteiger partial charge in [0.05, 0.1) is 12.6 Å². The molecule has 3 amide bonds. The molecule has 0 aliphatic heterocycles. The molecule has 5 N–H and O–H groups in total. The third-order valence-corrected chi connectivity index (χ3v) is 2.63. The second kappa shape index (κ2) is 20.0. The van der Waals surface area contributed by atoms with Gasteiger partial charge in [0.2, 0.25) is 5.91 Å². The van der Waals surface area contributed by atoms with Crippen molar-refractivity contribution in [1.82, 2.24) is 10.2 Å². The molecule has 0 spiro atoms. The second-order valence-electron chi connectivity index (χ2n) is 6.62. The summed E-state index contributed by atoms with van der Waals surface area (Å²) in [5.41, 5.74) is 10.4. The lowest BCUT2D eigenvalue weighted by Crippen LogP contribution is -2.44. The van der Waals surface area contributed by atoms with Crippen LogP contribution in [0.15, 0.2) is 30.3 Å². The first-order valence-corrected chi connectivity index (χ1v) is 9.37. The van der Waals surface area contributed by atoms with Crippen LogP contribution in [0.3, 0.4) is 0 Å². The maximum Gasteiger partial charge on any atom is 0.312 e. The van der Waals surface area contributed by atoms with E-state index < -0.39 is 12.1 Å². The Balaban J connectivity index is -0.000000401. The summed E-state index contributed by atoms with van der Waals surface area (Å²) in [6.07, 6.45) is 1.72. The molecule has 0 unspecified atom stereocenters. The van der Waals surface area contributed by atoms with Gasteiger partial charge in [-0.15, -0.1) is 0 Å². The van der Waals surface area contributed by atoms with Crippen LogP contribution in [0.25, 0.3) is 0 Å². The molecular weight excluding hydrogens is 372 g/mol. The van der Waals surface area contributed by atoms with E-state index in [1.165, 1.54) is 20.3 Å². The summed E-state index contributed by atoms with van der Waals surface area (Å²) in [5, 5.41) is 2.42. The van der Waals surface area contributed by atoms with Crippen molar-refractivity contribution in [3.63, 3.8) is 0 Å².